The van der Waals surface area contributed by atoms with Crippen LogP contribution in [0.3, 0.4) is 0 Å². The minimum absolute atomic E-state index is 0.181. The summed E-state index contributed by atoms with van der Waals surface area (Å²) in [7, 11) is 0. The Morgan fingerprint density at radius 1 is 0.884 bits per heavy atom. The lowest BCUT2D eigenvalue weighted by atomic mass is 10.1. The molecular weight excluding hydrogens is 540 g/mol. The van der Waals surface area contributed by atoms with Gasteiger partial charge in [0.05, 0.1) is 13.2 Å². The molecule has 3 heterocycles. The number of amides is 1. The maximum atomic E-state index is 13.5. The molecule has 0 spiro atoms. The van der Waals surface area contributed by atoms with E-state index in [0.29, 0.717) is 25.5 Å². The number of ether oxygens (including phenoxy) is 2. The Balaban J connectivity index is 1.32. The van der Waals surface area contributed by atoms with Crippen LogP contribution in [-0.4, -0.2) is 91.3 Å². The van der Waals surface area contributed by atoms with Crippen LogP contribution in [0.5, 0.6) is 5.75 Å². The number of para-hydroxylation sites is 1. The molecule has 0 unspecified atom stereocenters. The van der Waals surface area contributed by atoms with Gasteiger partial charge in [-0.3, -0.25) is 14.6 Å². The molecule has 1 saturated heterocycles. The molecule has 0 radical (unpaired) electrons. The molecule has 2 aliphatic heterocycles. The Hall–Kier alpha value is -3.53. The van der Waals surface area contributed by atoms with Gasteiger partial charge >= 0.3 is 0 Å². The highest BCUT2D eigenvalue weighted by atomic mass is 16.5. The number of benzene rings is 2. The number of rotatable bonds is 9. The normalized spacial score (nSPS) is 17.4. The summed E-state index contributed by atoms with van der Waals surface area (Å²) in [4.78, 5) is 31.7. The molecular formula is C34H46N6O3. The molecule has 230 valence electrons. The molecule has 5 rings (SSSR count). The lowest BCUT2D eigenvalue weighted by molar-refractivity contribution is -0.119. The van der Waals surface area contributed by atoms with Gasteiger partial charge in [-0.05, 0) is 47.7 Å². The highest BCUT2D eigenvalue weighted by Crippen LogP contribution is 2.26. The zero-order valence-electron chi connectivity index (χ0n) is 25.7. The number of aromatic nitrogens is 2. The summed E-state index contributed by atoms with van der Waals surface area (Å²) in [5.41, 5.74) is 3.42. The molecule has 0 bridgehead atoms. The van der Waals surface area contributed by atoms with Gasteiger partial charge in [0, 0.05) is 83.4 Å². The summed E-state index contributed by atoms with van der Waals surface area (Å²) in [6.07, 6.45) is 4.96. The number of nitrogens with zero attached hydrogens (tertiary/aromatic N) is 6. The SMILES string of the molecule is CC(C)CC(=O)N1CCCN(c2ncccn2)CCN(Cc2ccc(OCCN3CCOCC3)cc2)Cc2ccccc21. The third-order valence-corrected chi connectivity index (χ3v) is 8.00. The van der Waals surface area contributed by atoms with Gasteiger partial charge in [-0.25, -0.2) is 9.97 Å². The van der Waals surface area contributed by atoms with Crippen molar-refractivity contribution in [2.75, 3.05) is 75.4 Å². The van der Waals surface area contributed by atoms with Crippen LogP contribution in [0.4, 0.5) is 11.6 Å². The van der Waals surface area contributed by atoms with Crippen molar-refractivity contribution in [2.45, 2.75) is 39.8 Å². The Bertz CT molecular complexity index is 1270. The number of anilines is 2. The van der Waals surface area contributed by atoms with Crippen molar-refractivity contribution in [3.63, 3.8) is 0 Å². The lowest BCUT2D eigenvalue weighted by Gasteiger charge is -2.28. The summed E-state index contributed by atoms with van der Waals surface area (Å²) >= 11 is 0. The van der Waals surface area contributed by atoms with E-state index in [2.05, 4.69) is 81.0 Å². The van der Waals surface area contributed by atoms with Gasteiger partial charge in [0.25, 0.3) is 0 Å². The van der Waals surface area contributed by atoms with Gasteiger partial charge in [-0.1, -0.05) is 44.2 Å². The second-order valence-electron chi connectivity index (χ2n) is 11.8. The van der Waals surface area contributed by atoms with Crippen molar-refractivity contribution in [1.29, 1.82) is 0 Å². The summed E-state index contributed by atoms with van der Waals surface area (Å²) in [5, 5.41) is 0. The Kier molecular flexibility index (Phi) is 11.4. The molecule has 0 atom stereocenters. The minimum Gasteiger partial charge on any atom is -0.492 e. The molecule has 0 saturated carbocycles. The fourth-order valence-corrected chi connectivity index (χ4v) is 5.72. The van der Waals surface area contributed by atoms with Crippen molar-refractivity contribution in [3.8, 4) is 5.75 Å². The average Bonchev–Trinajstić information content (AvgIpc) is 3.05. The number of hydrogen-bond donors (Lipinski definition) is 0. The van der Waals surface area contributed by atoms with Gasteiger partial charge < -0.3 is 19.3 Å². The van der Waals surface area contributed by atoms with Gasteiger partial charge in [0.15, 0.2) is 0 Å². The predicted octanol–water partition coefficient (Wildman–Crippen LogP) is 4.48. The first-order valence-electron chi connectivity index (χ1n) is 15.7. The maximum absolute atomic E-state index is 13.5. The maximum Gasteiger partial charge on any atom is 0.227 e. The van der Waals surface area contributed by atoms with E-state index in [9.17, 15) is 4.79 Å². The number of hydrogen-bond acceptors (Lipinski definition) is 8. The third kappa shape index (κ3) is 9.23. The summed E-state index contributed by atoms with van der Waals surface area (Å²) in [6, 6.07) is 18.7. The number of carbonyl (C=O) groups excluding carboxylic acids is 1. The largest absolute Gasteiger partial charge is 0.492 e. The Morgan fingerprint density at radius 2 is 1.65 bits per heavy atom. The van der Waals surface area contributed by atoms with E-state index in [-0.39, 0.29) is 5.91 Å². The van der Waals surface area contributed by atoms with Gasteiger partial charge in [-0.15, -0.1) is 0 Å². The first-order chi connectivity index (χ1) is 21.0. The fraction of sp³-hybridized carbons (Fsp3) is 0.500. The summed E-state index contributed by atoms with van der Waals surface area (Å²) in [6.45, 7) is 13.9. The molecule has 0 N–H and O–H groups in total. The van der Waals surface area contributed by atoms with Crippen LogP contribution in [0.25, 0.3) is 0 Å². The van der Waals surface area contributed by atoms with Crippen LogP contribution >= 0.6 is 0 Å². The van der Waals surface area contributed by atoms with Gasteiger partial charge in [0.1, 0.15) is 12.4 Å². The van der Waals surface area contributed by atoms with Gasteiger partial charge in [0.2, 0.25) is 11.9 Å². The quantitative estimate of drug-likeness (QED) is 0.364. The highest BCUT2D eigenvalue weighted by Gasteiger charge is 2.23. The molecule has 2 aromatic carbocycles. The van der Waals surface area contributed by atoms with E-state index < -0.39 is 0 Å². The van der Waals surface area contributed by atoms with Crippen LogP contribution in [0.1, 0.15) is 37.8 Å². The number of morpholine rings is 1. The second-order valence-corrected chi connectivity index (χ2v) is 11.8. The van der Waals surface area contributed by atoms with Crippen LogP contribution in [0.15, 0.2) is 67.0 Å². The van der Waals surface area contributed by atoms with Crippen molar-refractivity contribution in [3.05, 3.63) is 78.1 Å². The smallest absolute Gasteiger partial charge is 0.227 e. The monoisotopic (exact) mass is 586 g/mol. The van der Waals surface area contributed by atoms with E-state index >= 15 is 0 Å². The average molecular weight is 587 g/mol. The van der Waals surface area contributed by atoms with Crippen LogP contribution < -0.4 is 14.5 Å². The molecule has 3 aromatic rings. The molecule has 1 amide bonds. The Morgan fingerprint density at radius 3 is 2.42 bits per heavy atom. The number of carbonyl (C=O) groups is 1. The van der Waals surface area contributed by atoms with Crippen molar-refractivity contribution >= 4 is 17.5 Å². The Labute approximate surface area is 256 Å². The third-order valence-electron chi connectivity index (χ3n) is 8.00. The summed E-state index contributed by atoms with van der Waals surface area (Å²) < 4.78 is 11.5. The van der Waals surface area contributed by atoms with Gasteiger partial charge in [-0.2, -0.15) is 0 Å². The van der Waals surface area contributed by atoms with E-state index in [1.54, 1.807) is 12.4 Å². The molecule has 1 fully saturated rings. The van der Waals surface area contributed by atoms with Crippen molar-refractivity contribution in [2.24, 2.45) is 5.92 Å². The topological polar surface area (TPSA) is 74.3 Å². The fourth-order valence-electron chi connectivity index (χ4n) is 5.72. The zero-order chi connectivity index (χ0) is 29.9. The first kappa shape index (κ1) is 30.9. The summed E-state index contributed by atoms with van der Waals surface area (Å²) in [5.74, 6) is 2.11. The molecule has 43 heavy (non-hydrogen) atoms. The predicted molar refractivity (Wildman–Crippen MR) is 170 cm³/mol. The van der Waals surface area contributed by atoms with Crippen molar-refractivity contribution in [1.82, 2.24) is 19.8 Å². The van der Waals surface area contributed by atoms with Crippen LogP contribution in [-0.2, 0) is 22.6 Å². The van der Waals surface area contributed by atoms with E-state index in [1.165, 1.54) is 11.1 Å². The van der Waals surface area contributed by atoms with Crippen molar-refractivity contribution < 1.29 is 14.3 Å². The molecule has 9 heteroatoms. The van der Waals surface area contributed by atoms with Crippen LogP contribution in [0.2, 0.25) is 0 Å². The molecule has 0 aliphatic carbocycles. The minimum atomic E-state index is 0.181. The van der Waals surface area contributed by atoms with E-state index in [4.69, 9.17) is 9.47 Å². The highest BCUT2D eigenvalue weighted by molar-refractivity contribution is 5.94. The first-order valence-corrected chi connectivity index (χ1v) is 15.7. The standard InChI is InChI=1S/C34H46N6O3/c1-28(2)25-33(41)40-16-6-15-39(34-35-13-5-14-36-34)18-17-38(27-30-7-3-4-8-32(30)40)26-29-9-11-31(12-10-29)43-24-21-37-19-22-42-23-20-37/h3-5,7-14,28H,6,15-27H2,1-2H3. The molecule has 1 aromatic heterocycles. The molecule has 9 nitrogen and oxygen atoms in total. The lowest BCUT2D eigenvalue weighted by Crippen LogP contribution is -2.38. The van der Waals surface area contributed by atoms with E-state index in [0.717, 1.165) is 89.4 Å². The van der Waals surface area contributed by atoms with Crippen LogP contribution in [0, 0.1) is 5.92 Å². The molecule has 2 aliphatic rings. The zero-order valence-corrected chi connectivity index (χ0v) is 25.7. The van der Waals surface area contributed by atoms with E-state index in [1.807, 2.05) is 17.0 Å². The second kappa shape index (κ2) is 15.8. The number of fused-ring (bicyclic) bond motifs is 1.